The highest BCUT2D eigenvalue weighted by atomic mass is 19.1. The topological polar surface area (TPSA) is 44.5 Å². The minimum absolute atomic E-state index is 0.0185. The number of nitrogens with two attached hydrogens (primary N) is 1. The Kier molecular flexibility index (Phi) is 3.48. The van der Waals surface area contributed by atoms with Crippen molar-refractivity contribution in [1.29, 1.82) is 0 Å². The first-order chi connectivity index (χ1) is 8.43. The second kappa shape index (κ2) is 4.76. The van der Waals surface area contributed by atoms with Crippen LogP contribution >= 0.6 is 0 Å². The van der Waals surface area contributed by atoms with E-state index in [0.29, 0.717) is 23.5 Å². The van der Waals surface area contributed by atoms with Crippen LogP contribution in [0.3, 0.4) is 0 Å². The molecule has 0 spiro atoms. The molecule has 0 unspecified atom stereocenters. The number of ether oxygens (including phenoxy) is 2. The van der Waals surface area contributed by atoms with Crippen molar-refractivity contribution in [1.82, 2.24) is 0 Å². The van der Waals surface area contributed by atoms with Crippen LogP contribution < -0.4 is 15.2 Å². The summed E-state index contributed by atoms with van der Waals surface area (Å²) in [7, 11) is 1.51. The van der Waals surface area contributed by atoms with Gasteiger partial charge in [-0.05, 0) is 44.7 Å². The minimum Gasteiger partial charge on any atom is -0.493 e. The SMILES string of the molecule is COc1cc(F)c(CC2(N)CC2)cc1OC(C)C. The van der Waals surface area contributed by atoms with E-state index in [2.05, 4.69) is 0 Å². The van der Waals surface area contributed by atoms with Gasteiger partial charge >= 0.3 is 0 Å². The molecule has 1 aromatic carbocycles. The van der Waals surface area contributed by atoms with E-state index in [1.807, 2.05) is 13.8 Å². The molecule has 1 fully saturated rings. The third-order valence-electron chi connectivity index (χ3n) is 3.13. The molecule has 100 valence electrons. The van der Waals surface area contributed by atoms with Crippen molar-refractivity contribution >= 4 is 0 Å². The van der Waals surface area contributed by atoms with Crippen molar-refractivity contribution in [3.63, 3.8) is 0 Å². The van der Waals surface area contributed by atoms with Crippen LogP contribution in [0, 0.1) is 5.82 Å². The summed E-state index contributed by atoms with van der Waals surface area (Å²) >= 11 is 0. The number of rotatable bonds is 5. The molecular formula is C14H20FNO2. The summed E-state index contributed by atoms with van der Waals surface area (Å²) in [4.78, 5) is 0. The van der Waals surface area contributed by atoms with Gasteiger partial charge in [-0.15, -0.1) is 0 Å². The van der Waals surface area contributed by atoms with Gasteiger partial charge in [0.05, 0.1) is 13.2 Å². The molecule has 18 heavy (non-hydrogen) atoms. The second-order valence-electron chi connectivity index (χ2n) is 5.30. The number of hydrogen-bond donors (Lipinski definition) is 1. The fourth-order valence-electron chi connectivity index (χ4n) is 1.93. The Labute approximate surface area is 107 Å². The molecular weight excluding hydrogens is 233 g/mol. The van der Waals surface area contributed by atoms with E-state index < -0.39 is 0 Å². The molecule has 3 nitrogen and oxygen atoms in total. The zero-order chi connectivity index (χ0) is 13.3. The van der Waals surface area contributed by atoms with Crippen LogP contribution in [0.1, 0.15) is 32.3 Å². The van der Waals surface area contributed by atoms with E-state index in [0.717, 1.165) is 12.8 Å². The standard InChI is InChI=1S/C14H20FNO2/c1-9(2)18-13-6-10(8-14(16)4-5-14)11(15)7-12(13)17-3/h6-7,9H,4-5,8,16H2,1-3H3. The summed E-state index contributed by atoms with van der Waals surface area (Å²) in [5, 5.41) is 0. The first kappa shape index (κ1) is 13.1. The van der Waals surface area contributed by atoms with Crippen LogP contribution in [0.5, 0.6) is 11.5 Å². The molecule has 0 bridgehead atoms. The van der Waals surface area contributed by atoms with Crippen LogP contribution in [0.2, 0.25) is 0 Å². The van der Waals surface area contributed by atoms with Crippen molar-refractivity contribution in [2.75, 3.05) is 7.11 Å². The Bertz CT molecular complexity index is 442. The normalized spacial score (nSPS) is 16.8. The van der Waals surface area contributed by atoms with Gasteiger partial charge < -0.3 is 15.2 Å². The van der Waals surface area contributed by atoms with Crippen LogP contribution in [0.25, 0.3) is 0 Å². The molecule has 1 saturated carbocycles. The largest absolute Gasteiger partial charge is 0.493 e. The van der Waals surface area contributed by atoms with E-state index in [9.17, 15) is 4.39 Å². The van der Waals surface area contributed by atoms with E-state index in [-0.39, 0.29) is 17.5 Å². The van der Waals surface area contributed by atoms with Gasteiger partial charge in [0, 0.05) is 11.6 Å². The second-order valence-corrected chi connectivity index (χ2v) is 5.30. The highest BCUT2D eigenvalue weighted by Gasteiger charge is 2.38. The quantitative estimate of drug-likeness (QED) is 0.877. The average molecular weight is 253 g/mol. The minimum atomic E-state index is -0.278. The van der Waals surface area contributed by atoms with Crippen LogP contribution in [0.4, 0.5) is 4.39 Å². The molecule has 1 aromatic rings. The summed E-state index contributed by atoms with van der Waals surface area (Å²) in [6, 6.07) is 3.08. The molecule has 0 heterocycles. The van der Waals surface area contributed by atoms with Crippen molar-refractivity contribution in [3.05, 3.63) is 23.5 Å². The Morgan fingerprint density at radius 3 is 2.50 bits per heavy atom. The monoisotopic (exact) mass is 253 g/mol. The van der Waals surface area contributed by atoms with Crippen LogP contribution in [0.15, 0.2) is 12.1 Å². The summed E-state index contributed by atoms with van der Waals surface area (Å²) in [5.74, 6) is 0.722. The van der Waals surface area contributed by atoms with Crippen molar-refractivity contribution in [2.45, 2.75) is 44.8 Å². The van der Waals surface area contributed by atoms with Gasteiger partial charge in [0.2, 0.25) is 0 Å². The molecule has 0 saturated heterocycles. The van der Waals surface area contributed by atoms with Gasteiger partial charge in [-0.1, -0.05) is 0 Å². The summed E-state index contributed by atoms with van der Waals surface area (Å²) in [6.45, 7) is 3.85. The average Bonchev–Trinajstić information content (AvgIpc) is 3.00. The van der Waals surface area contributed by atoms with Crippen molar-refractivity contribution in [3.8, 4) is 11.5 Å². The lowest BCUT2D eigenvalue weighted by atomic mass is 10.0. The molecule has 0 amide bonds. The predicted octanol–water partition coefficient (Wildman–Crippen LogP) is 2.66. The van der Waals surface area contributed by atoms with Gasteiger partial charge in [-0.3, -0.25) is 0 Å². The first-order valence-electron chi connectivity index (χ1n) is 6.25. The molecule has 2 rings (SSSR count). The highest BCUT2D eigenvalue weighted by Crippen LogP contribution is 2.39. The molecule has 4 heteroatoms. The fraction of sp³-hybridized carbons (Fsp3) is 0.571. The third kappa shape index (κ3) is 2.93. The molecule has 2 N–H and O–H groups in total. The fourth-order valence-corrected chi connectivity index (χ4v) is 1.93. The Morgan fingerprint density at radius 2 is 2.00 bits per heavy atom. The Morgan fingerprint density at radius 1 is 1.33 bits per heavy atom. The van der Waals surface area contributed by atoms with Gasteiger partial charge in [0.1, 0.15) is 5.82 Å². The first-order valence-corrected chi connectivity index (χ1v) is 6.25. The summed E-state index contributed by atoms with van der Waals surface area (Å²) in [5.41, 5.74) is 6.42. The van der Waals surface area contributed by atoms with Gasteiger partial charge in [0.15, 0.2) is 11.5 Å². The summed E-state index contributed by atoms with van der Waals surface area (Å²) < 4.78 is 24.7. The Balaban J connectivity index is 2.29. The summed E-state index contributed by atoms with van der Waals surface area (Å²) in [6.07, 6.45) is 2.49. The zero-order valence-corrected chi connectivity index (χ0v) is 11.1. The molecule has 0 radical (unpaired) electrons. The van der Waals surface area contributed by atoms with Crippen molar-refractivity contribution < 1.29 is 13.9 Å². The maximum Gasteiger partial charge on any atom is 0.163 e. The third-order valence-corrected chi connectivity index (χ3v) is 3.13. The van der Waals surface area contributed by atoms with Gasteiger partial charge in [-0.25, -0.2) is 4.39 Å². The Hall–Kier alpha value is -1.29. The molecule has 0 atom stereocenters. The van der Waals surface area contributed by atoms with E-state index in [1.54, 1.807) is 6.07 Å². The molecule has 0 aromatic heterocycles. The van der Waals surface area contributed by atoms with E-state index in [4.69, 9.17) is 15.2 Å². The molecule has 1 aliphatic rings. The molecule has 1 aliphatic carbocycles. The number of methoxy groups -OCH3 is 1. The van der Waals surface area contributed by atoms with Crippen LogP contribution in [-0.2, 0) is 6.42 Å². The van der Waals surface area contributed by atoms with Crippen LogP contribution in [-0.4, -0.2) is 18.8 Å². The maximum atomic E-state index is 13.9. The lowest BCUT2D eigenvalue weighted by Gasteiger charge is -2.16. The number of hydrogen-bond acceptors (Lipinski definition) is 3. The van der Waals surface area contributed by atoms with Gasteiger partial charge in [-0.2, -0.15) is 0 Å². The number of benzene rings is 1. The predicted molar refractivity (Wildman–Crippen MR) is 68.6 cm³/mol. The van der Waals surface area contributed by atoms with Gasteiger partial charge in [0.25, 0.3) is 0 Å². The molecule has 0 aliphatic heterocycles. The van der Waals surface area contributed by atoms with E-state index in [1.165, 1.54) is 13.2 Å². The lowest BCUT2D eigenvalue weighted by molar-refractivity contribution is 0.229. The highest BCUT2D eigenvalue weighted by molar-refractivity contribution is 5.44. The smallest absolute Gasteiger partial charge is 0.163 e. The van der Waals surface area contributed by atoms with E-state index >= 15 is 0 Å². The number of halogens is 1. The maximum absolute atomic E-state index is 13.9. The zero-order valence-electron chi connectivity index (χ0n) is 11.1. The lowest BCUT2D eigenvalue weighted by Crippen LogP contribution is -2.25. The van der Waals surface area contributed by atoms with Crippen molar-refractivity contribution in [2.24, 2.45) is 5.73 Å².